The molecule has 0 atom stereocenters. The molecule has 1 aliphatic rings. The number of aryl methyl sites for hydroxylation is 2. The first kappa shape index (κ1) is 18.1. The summed E-state index contributed by atoms with van der Waals surface area (Å²) in [5.41, 5.74) is 4.51. The van der Waals surface area contributed by atoms with Gasteiger partial charge in [0.05, 0.1) is 11.0 Å². The van der Waals surface area contributed by atoms with Gasteiger partial charge in [-0.25, -0.2) is 9.78 Å². The molecule has 0 spiro atoms. The van der Waals surface area contributed by atoms with Crippen LogP contribution in [0.3, 0.4) is 0 Å². The van der Waals surface area contributed by atoms with Crippen molar-refractivity contribution in [1.29, 1.82) is 0 Å². The van der Waals surface area contributed by atoms with E-state index in [4.69, 9.17) is 9.47 Å². The molecule has 2 heterocycles. The van der Waals surface area contributed by atoms with E-state index < -0.39 is 0 Å². The number of fused-ring (bicyclic) bond motifs is 2. The second-order valence-electron chi connectivity index (χ2n) is 7.05. The Morgan fingerprint density at radius 1 is 0.900 bits per heavy atom. The molecule has 30 heavy (non-hydrogen) atoms. The zero-order valence-corrected chi connectivity index (χ0v) is 16.1. The lowest BCUT2D eigenvalue weighted by atomic mass is 10.1. The first-order valence-electron chi connectivity index (χ1n) is 9.73. The molecule has 4 aromatic rings. The number of anilines is 2. The van der Waals surface area contributed by atoms with Crippen LogP contribution in [0.4, 0.5) is 16.2 Å². The van der Waals surface area contributed by atoms with Crippen molar-refractivity contribution in [3.63, 3.8) is 0 Å². The Morgan fingerprint density at radius 2 is 1.73 bits per heavy atom. The van der Waals surface area contributed by atoms with Crippen LogP contribution in [0.1, 0.15) is 11.4 Å². The highest BCUT2D eigenvalue weighted by molar-refractivity contribution is 6.00. The number of rotatable bonds is 5. The molecule has 0 radical (unpaired) electrons. The van der Waals surface area contributed by atoms with E-state index >= 15 is 0 Å². The maximum absolute atomic E-state index is 12.4. The molecule has 3 N–H and O–H groups in total. The van der Waals surface area contributed by atoms with Crippen LogP contribution < -0.4 is 20.1 Å². The summed E-state index contributed by atoms with van der Waals surface area (Å²) in [5.74, 6) is 2.26. The lowest BCUT2D eigenvalue weighted by Gasteiger charge is -2.09. The Bertz CT molecular complexity index is 1190. The smallest absolute Gasteiger partial charge is 0.323 e. The van der Waals surface area contributed by atoms with Crippen molar-refractivity contribution in [3.05, 3.63) is 78.1 Å². The van der Waals surface area contributed by atoms with Gasteiger partial charge < -0.3 is 25.1 Å². The Morgan fingerprint density at radius 3 is 2.63 bits per heavy atom. The van der Waals surface area contributed by atoms with Gasteiger partial charge >= 0.3 is 6.03 Å². The van der Waals surface area contributed by atoms with Crippen LogP contribution in [0.5, 0.6) is 11.5 Å². The van der Waals surface area contributed by atoms with Gasteiger partial charge in [0.1, 0.15) is 5.82 Å². The van der Waals surface area contributed by atoms with E-state index in [2.05, 4.69) is 20.6 Å². The third-order valence-electron chi connectivity index (χ3n) is 4.90. The second-order valence-corrected chi connectivity index (χ2v) is 7.05. The molecule has 1 aromatic heterocycles. The van der Waals surface area contributed by atoms with Crippen molar-refractivity contribution in [1.82, 2.24) is 9.97 Å². The SMILES string of the molecule is O=C(Nc1cccc(CCc2nc3ccccc3[nH]2)c1)Nc1ccc2c(c1)OCO2. The second kappa shape index (κ2) is 7.79. The summed E-state index contributed by atoms with van der Waals surface area (Å²) in [6, 6.07) is 20.8. The van der Waals surface area contributed by atoms with Crippen molar-refractivity contribution >= 4 is 28.4 Å². The van der Waals surface area contributed by atoms with Gasteiger partial charge in [0.2, 0.25) is 6.79 Å². The number of nitrogens with zero attached hydrogens (tertiary/aromatic N) is 1. The highest BCUT2D eigenvalue weighted by Crippen LogP contribution is 2.34. The van der Waals surface area contributed by atoms with E-state index in [9.17, 15) is 4.79 Å². The monoisotopic (exact) mass is 400 g/mol. The number of amides is 2. The van der Waals surface area contributed by atoms with Gasteiger partial charge in [0, 0.05) is 23.9 Å². The molecule has 0 bridgehead atoms. The number of benzene rings is 3. The fraction of sp³-hybridized carbons (Fsp3) is 0.130. The average molecular weight is 400 g/mol. The lowest BCUT2D eigenvalue weighted by Crippen LogP contribution is -2.19. The average Bonchev–Trinajstić information content (AvgIpc) is 3.38. The first-order chi connectivity index (χ1) is 14.7. The summed E-state index contributed by atoms with van der Waals surface area (Å²) in [5, 5.41) is 5.68. The van der Waals surface area contributed by atoms with Crippen LogP contribution in [0.15, 0.2) is 66.7 Å². The number of hydrogen-bond donors (Lipinski definition) is 3. The van der Waals surface area contributed by atoms with Crippen LogP contribution in [0.2, 0.25) is 0 Å². The quantitative estimate of drug-likeness (QED) is 0.452. The summed E-state index contributed by atoms with van der Waals surface area (Å²) in [7, 11) is 0. The van der Waals surface area contributed by atoms with Crippen molar-refractivity contribution < 1.29 is 14.3 Å². The fourth-order valence-electron chi connectivity index (χ4n) is 3.46. The molecule has 0 saturated carbocycles. The summed E-state index contributed by atoms with van der Waals surface area (Å²) < 4.78 is 10.6. The summed E-state index contributed by atoms with van der Waals surface area (Å²) >= 11 is 0. The number of imidazole rings is 1. The third-order valence-corrected chi connectivity index (χ3v) is 4.90. The number of para-hydroxylation sites is 2. The zero-order valence-electron chi connectivity index (χ0n) is 16.1. The minimum Gasteiger partial charge on any atom is -0.454 e. The molecule has 7 heteroatoms. The van der Waals surface area contributed by atoms with Gasteiger partial charge in [-0.05, 0) is 48.4 Å². The van der Waals surface area contributed by atoms with Crippen molar-refractivity contribution in [3.8, 4) is 11.5 Å². The van der Waals surface area contributed by atoms with Crippen molar-refractivity contribution in [2.75, 3.05) is 17.4 Å². The highest BCUT2D eigenvalue weighted by atomic mass is 16.7. The molecule has 5 rings (SSSR count). The predicted molar refractivity (Wildman–Crippen MR) is 115 cm³/mol. The van der Waals surface area contributed by atoms with Gasteiger partial charge in [0.15, 0.2) is 11.5 Å². The van der Waals surface area contributed by atoms with E-state index in [1.807, 2.05) is 48.5 Å². The minimum absolute atomic E-state index is 0.200. The van der Waals surface area contributed by atoms with Crippen LogP contribution in [0, 0.1) is 0 Å². The van der Waals surface area contributed by atoms with Crippen LogP contribution in [0.25, 0.3) is 11.0 Å². The predicted octanol–water partition coefficient (Wildman–Crippen LogP) is 4.72. The number of aromatic nitrogens is 2. The van der Waals surface area contributed by atoms with Crippen LogP contribution >= 0.6 is 0 Å². The van der Waals surface area contributed by atoms with Gasteiger partial charge in [-0.2, -0.15) is 0 Å². The molecule has 1 aliphatic heterocycles. The number of carbonyl (C=O) groups excluding carboxylic acids is 1. The molecule has 0 aliphatic carbocycles. The van der Waals surface area contributed by atoms with Gasteiger partial charge in [-0.1, -0.05) is 24.3 Å². The largest absolute Gasteiger partial charge is 0.454 e. The van der Waals surface area contributed by atoms with Crippen LogP contribution in [-0.2, 0) is 12.8 Å². The molecule has 7 nitrogen and oxygen atoms in total. The number of nitrogens with one attached hydrogen (secondary N) is 3. The molecular weight excluding hydrogens is 380 g/mol. The first-order valence-corrected chi connectivity index (χ1v) is 9.73. The number of aromatic amines is 1. The maximum atomic E-state index is 12.4. The Labute approximate surface area is 173 Å². The number of H-pyrrole nitrogens is 1. The van der Waals surface area contributed by atoms with Crippen molar-refractivity contribution in [2.45, 2.75) is 12.8 Å². The van der Waals surface area contributed by atoms with Crippen LogP contribution in [-0.4, -0.2) is 22.8 Å². The molecule has 3 aromatic carbocycles. The Hall–Kier alpha value is -4.00. The summed E-state index contributed by atoms with van der Waals surface area (Å²) in [6.45, 7) is 0.200. The van der Waals surface area contributed by atoms with E-state index in [0.717, 1.165) is 41.0 Å². The minimum atomic E-state index is -0.316. The van der Waals surface area contributed by atoms with E-state index in [1.54, 1.807) is 18.2 Å². The molecule has 0 saturated heterocycles. The number of hydrogen-bond acceptors (Lipinski definition) is 4. The third kappa shape index (κ3) is 3.91. The molecule has 0 unspecified atom stereocenters. The molecular formula is C23H20N4O3. The number of ether oxygens (including phenoxy) is 2. The van der Waals surface area contributed by atoms with E-state index in [0.29, 0.717) is 17.2 Å². The standard InChI is InChI=1S/C23H20N4O3/c28-23(25-17-9-10-20-21(13-17)30-14-29-20)24-16-5-3-4-15(12-16)8-11-22-26-18-6-1-2-7-19(18)27-22/h1-7,9-10,12-13H,8,11,14H2,(H,26,27)(H2,24,25,28). The Balaban J connectivity index is 1.20. The number of urea groups is 1. The highest BCUT2D eigenvalue weighted by Gasteiger charge is 2.14. The lowest BCUT2D eigenvalue weighted by molar-refractivity contribution is 0.174. The topological polar surface area (TPSA) is 88.3 Å². The van der Waals surface area contributed by atoms with Gasteiger partial charge in [-0.15, -0.1) is 0 Å². The van der Waals surface area contributed by atoms with Gasteiger partial charge in [0.25, 0.3) is 0 Å². The molecule has 150 valence electrons. The maximum Gasteiger partial charge on any atom is 0.323 e. The summed E-state index contributed by atoms with van der Waals surface area (Å²) in [6.07, 6.45) is 1.61. The molecule has 0 fully saturated rings. The zero-order chi connectivity index (χ0) is 20.3. The molecule has 2 amide bonds. The van der Waals surface area contributed by atoms with E-state index in [-0.39, 0.29) is 12.8 Å². The van der Waals surface area contributed by atoms with Gasteiger partial charge in [-0.3, -0.25) is 0 Å². The van der Waals surface area contributed by atoms with Crippen molar-refractivity contribution in [2.24, 2.45) is 0 Å². The van der Waals surface area contributed by atoms with E-state index in [1.165, 1.54) is 0 Å². The number of carbonyl (C=O) groups is 1. The fourth-order valence-corrected chi connectivity index (χ4v) is 3.46. The summed E-state index contributed by atoms with van der Waals surface area (Å²) in [4.78, 5) is 20.3. The Kier molecular flexibility index (Phi) is 4.69. The normalized spacial score (nSPS) is 12.1.